The minimum atomic E-state index is -0.365. The number of nitrogens with zero attached hydrogens (tertiary/aromatic N) is 1. The molecule has 0 radical (unpaired) electrons. The number of ether oxygens (including phenoxy) is 1. The lowest BCUT2D eigenvalue weighted by Gasteiger charge is -2.33. The molecule has 0 aromatic carbocycles. The maximum Gasteiger partial charge on any atom is 0.232 e. The lowest BCUT2D eigenvalue weighted by atomic mass is 10.0. The Labute approximate surface area is 102 Å². The first-order valence-corrected chi connectivity index (χ1v) is 6.16. The number of carbonyl (C=O) groups excluding carboxylic acids is 1. The van der Waals surface area contributed by atoms with Crippen LogP contribution in [0.4, 0.5) is 0 Å². The maximum atomic E-state index is 12.0. The number of hydrogen-bond acceptors (Lipinski definition) is 3. The predicted molar refractivity (Wildman–Crippen MR) is 67.2 cm³/mol. The third kappa shape index (κ3) is 3.42. The fraction of sp³-hybridized carbons (Fsp3) is 0.818. The van der Waals surface area contributed by atoms with E-state index >= 15 is 0 Å². The number of nitrogens with two attached hydrogens (primary N) is 1. The lowest BCUT2D eigenvalue weighted by molar-refractivity contribution is -0.136. The Balaban J connectivity index is 2.53. The van der Waals surface area contributed by atoms with Gasteiger partial charge in [0.15, 0.2) is 0 Å². The average molecular weight is 244 g/mol. The molecule has 2 N–H and O–H groups in total. The van der Waals surface area contributed by atoms with Gasteiger partial charge in [-0.25, -0.2) is 0 Å². The summed E-state index contributed by atoms with van der Waals surface area (Å²) < 4.78 is 5.55. The molecule has 4 nitrogen and oxygen atoms in total. The second-order valence-corrected chi connectivity index (χ2v) is 4.60. The molecule has 1 aliphatic rings. The number of rotatable bonds is 4. The van der Waals surface area contributed by atoms with Crippen LogP contribution in [0.2, 0.25) is 0 Å². The first-order chi connectivity index (χ1) is 7.56. The van der Waals surface area contributed by atoms with Crippen LogP contribution in [0.25, 0.3) is 0 Å². The van der Waals surface area contributed by atoms with Gasteiger partial charge in [0.2, 0.25) is 5.91 Å². The van der Waals surface area contributed by atoms with Crippen LogP contribution < -0.4 is 5.73 Å². The minimum Gasteiger partial charge on any atom is -0.393 e. The van der Waals surface area contributed by atoms with Gasteiger partial charge in [0, 0.05) is 19.7 Å². The van der Waals surface area contributed by atoms with Crippen molar-refractivity contribution in [1.82, 2.24) is 4.90 Å². The number of carbonyl (C=O) groups is 1. The second-order valence-electron chi connectivity index (χ2n) is 4.13. The zero-order valence-electron chi connectivity index (χ0n) is 9.94. The molecule has 1 amide bonds. The fourth-order valence-electron chi connectivity index (χ4n) is 1.91. The number of hydrogen-bond donors (Lipinski definition) is 1. The molecule has 0 bridgehead atoms. The second kappa shape index (κ2) is 6.15. The third-order valence-electron chi connectivity index (χ3n) is 2.89. The summed E-state index contributed by atoms with van der Waals surface area (Å²) in [6.07, 6.45) is 2.18. The number of piperidine rings is 1. The molecular weight excluding hydrogens is 224 g/mol. The van der Waals surface area contributed by atoms with Crippen LogP contribution in [0.5, 0.6) is 0 Å². The van der Waals surface area contributed by atoms with Crippen molar-refractivity contribution in [1.29, 1.82) is 0 Å². The van der Waals surface area contributed by atoms with E-state index in [4.69, 9.17) is 22.7 Å². The standard InChI is InChI=1S/C11H20N2O2S/c1-3-15-9-5-4-6-13(7-9)11(14)8(2)10(12)16/h8-9H,3-7H2,1-2H3,(H2,12,16). The molecule has 2 atom stereocenters. The van der Waals surface area contributed by atoms with Crippen molar-refractivity contribution in [2.45, 2.75) is 32.8 Å². The highest BCUT2D eigenvalue weighted by Crippen LogP contribution is 2.15. The fourth-order valence-corrected chi connectivity index (χ4v) is 2.01. The number of thiocarbonyl (C=S) groups is 1. The summed E-state index contributed by atoms with van der Waals surface area (Å²) in [4.78, 5) is 14.1. The predicted octanol–water partition coefficient (Wildman–Crippen LogP) is 0.936. The van der Waals surface area contributed by atoms with Gasteiger partial charge < -0.3 is 15.4 Å². The highest BCUT2D eigenvalue weighted by atomic mass is 32.1. The first kappa shape index (κ1) is 13.4. The van der Waals surface area contributed by atoms with Crippen molar-refractivity contribution < 1.29 is 9.53 Å². The van der Waals surface area contributed by atoms with E-state index in [-0.39, 0.29) is 22.9 Å². The van der Waals surface area contributed by atoms with Crippen molar-refractivity contribution >= 4 is 23.1 Å². The quantitative estimate of drug-likeness (QED) is 0.748. The van der Waals surface area contributed by atoms with Crippen LogP contribution in [0.3, 0.4) is 0 Å². The lowest BCUT2D eigenvalue weighted by Crippen LogP contribution is -2.47. The Morgan fingerprint density at radius 1 is 1.69 bits per heavy atom. The normalized spacial score (nSPS) is 22.9. The van der Waals surface area contributed by atoms with Crippen molar-refractivity contribution in [2.75, 3.05) is 19.7 Å². The van der Waals surface area contributed by atoms with Crippen LogP contribution in [0.1, 0.15) is 26.7 Å². The smallest absolute Gasteiger partial charge is 0.232 e. The number of likely N-dealkylation sites (tertiary alicyclic amines) is 1. The molecule has 1 rings (SSSR count). The van der Waals surface area contributed by atoms with Gasteiger partial charge in [-0.2, -0.15) is 0 Å². The topological polar surface area (TPSA) is 55.6 Å². The summed E-state index contributed by atoms with van der Waals surface area (Å²) in [6, 6.07) is 0. The van der Waals surface area contributed by atoms with E-state index in [1.807, 2.05) is 11.8 Å². The van der Waals surface area contributed by atoms with Gasteiger partial charge >= 0.3 is 0 Å². The van der Waals surface area contributed by atoms with Crippen LogP contribution in [-0.2, 0) is 9.53 Å². The Morgan fingerprint density at radius 3 is 2.94 bits per heavy atom. The van der Waals surface area contributed by atoms with Crippen molar-refractivity contribution in [3.05, 3.63) is 0 Å². The summed E-state index contributed by atoms with van der Waals surface area (Å²) in [5.74, 6) is -0.340. The SMILES string of the molecule is CCOC1CCCN(C(=O)C(C)C(N)=S)C1. The van der Waals surface area contributed by atoms with Crippen LogP contribution in [-0.4, -0.2) is 41.6 Å². The monoisotopic (exact) mass is 244 g/mol. The van der Waals surface area contributed by atoms with Gasteiger partial charge in [-0.15, -0.1) is 0 Å². The third-order valence-corrected chi connectivity index (χ3v) is 3.24. The van der Waals surface area contributed by atoms with Gasteiger partial charge in [-0.1, -0.05) is 12.2 Å². The van der Waals surface area contributed by atoms with Crippen molar-refractivity contribution in [3.8, 4) is 0 Å². The summed E-state index contributed by atoms with van der Waals surface area (Å²) >= 11 is 4.84. The van der Waals surface area contributed by atoms with Gasteiger partial charge in [0.05, 0.1) is 17.0 Å². The van der Waals surface area contributed by atoms with E-state index in [0.29, 0.717) is 13.2 Å². The Hall–Kier alpha value is -0.680. The van der Waals surface area contributed by atoms with Crippen molar-refractivity contribution in [3.63, 3.8) is 0 Å². The van der Waals surface area contributed by atoms with Gasteiger partial charge in [0.1, 0.15) is 0 Å². The summed E-state index contributed by atoms with van der Waals surface area (Å²) in [5.41, 5.74) is 5.49. The molecular formula is C11H20N2O2S. The van der Waals surface area contributed by atoms with Crippen LogP contribution in [0.15, 0.2) is 0 Å². The van der Waals surface area contributed by atoms with E-state index in [1.165, 1.54) is 0 Å². The molecule has 0 aromatic heterocycles. The highest BCUT2D eigenvalue weighted by molar-refractivity contribution is 7.80. The minimum absolute atomic E-state index is 0.0249. The molecule has 1 heterocycles. The molecule has 0 aliphatic carbocycles. The highest BCUT2D eigenvalue weighted by Gasteiger charge is 2.27. The van der Waals surface area contributed by atoms with Gasteiger partial charge in [-0.3, -0.25) is 4.79 Å². The van der Waals surface area contributed by atoms with E-state index in [1.54, 1.807) is 6.92 Å². The molecule has 16 heavy (non-hydrogen) atoms. The Kier molecular flexibility index (Phi) is 5.15. The molecule has 1 saturated heterocycles. The van der Waals surface area contributed by atoms with Crippen LogP contribution in [0, 0.1) is 5.92 Å². The Bertz CT molecular complexity index is 269. The maximum absolute atomic E-state index is 12.0. The average Bonchev–Trinajstić information content (AvgIpc) is 2.28. The van der Waals surface area contributed by atoms with Gasteiger partial charge in [-0.05, 0) is 26.7 Å². The largest absolute Gasteiger partial charge is 0.393 e. The number of amides is 1. The molecule has 5 heteroatoms. The Morgan fingerprint density at radius 2 is 2.38 bits per heavy atom. The van der Waals surface area contributed by atoms with Crippen LogP contribution >= 0.6 is 12.2 Å². The molecule has 0 aromatic rings. The molecule has 2 unspecified atom stereocenters. The van der Waals surface area contributed by atoms with E-state index in [2.05, 4.69) is 0 Å². The van der Waals surface area contributed by atoms with E-state index < -0.39 is 0 Å². The molecule has 0 spiro atoms. The summed E-state index contributed by atoms with van der Waals surface area (Å²) in [6.45, 7) is 5.87. The zero-order valence-corrected chi connectivity index (χ0v) is 10.8. The van der Waals surface area contributed by atoms with E-state index in [0.717, 1.165) is 19.4 Å². The summed E-state index contributed by atoms with van der Waals surface area (Å²) in [5, 5.41) is 0. The first-order valence-electron chi connectivity index (χ1n) is 5.76. The van der Waals surface area contributed by atoms with Gasteiger partial charge in [0.25, 0.3) is 0 Å². The molecule has 0 saturated carbocycles. The zero-order chi connectivity index (χ0) is 12.1. The molecule has 1 fully saturated rings. The molecule has 1 aliphatic heterocycles. The molecule has 92 valence electrons. The van der Waals surface area contributed by atoms with Crippen molar-refractivity contribution in [2.24, 2.45) is 11.7 Å². The summed E-state index contributed by atoms with van der Waals surface area (Å²) in [7, 11) is 0. The van der Waals surface area contributed by atoms with E-state index in [9.17, 15) is 4.79 Å².